The van der Waals surface area contributed by atoms with E-state index in [4.69, 9.17) is 0 Å². The molecule has 3 aromatic rings. The molecule has 0 aliphatic heterocycles. The van der Waals surface area contributed by atoms with Gasteiger partial charge in [-0.25, -0.2) is 18.1 Å². The number of nitrogens with one attached hydrogen (secondary N) is 2. The lowest BCUT2D eigenvalue weighted by Crippen LogP contribution is -2.31. The summed E-state index contributed by atoms with van der Waals surface area (Å²) >= 11 is 2.44. The maximum absolute atomic E-state index is 12.5. The molecule has 0 fully saturated rings. The average Bonchev–Trinajstić information content (AvgIpc) is 3.29. The second-order valence-electron chi connectivity index (χ2n) is 5.08. The zero-order valence-corrected chi connectivity index (χ0v) is 15.6. The second kappa shape index (κ2) is 7.44. The monoisotopic (exact) mass is 397 g/mol. The first-order valence-corrected chi connectivity index (χ1v) is 10.4. The van der Waals surface area contributed by atoms with Crippen molar-refractivity contribution in [2.45, 2.75) is 17.2 Å². The average molecular weight is 398 g/mol. The van der Waals surface area contributed by atoms with Crippen molar-refractivity contribution in [3.63, 3.8) is 0 Å². The Morgan fingerprint density at radius 2 is 2.28 bits per heavy atom. The summed E-state index contributed by atoms with van der Waals surface area (Å²) in [6, 6.07) is 3.47. The molecule has 0 radical (unpaired) electrons. The summed E-state index contributed by atoms with van der Waals surface area (Å²) in [7, 11) is -3.74. The van der Waals surface area contributed by atoms with Crippen LogP contribution in [0.3, 0.4) is 0 Å². The van der Waals surface area contributed by atoms with Gasteiger partial charge in [0.05, 0.1) is 12.2 Å². The number of hydrogen-bond acceptors (Lipinski definition) is 7. The van der Waals surface area contributed by atoms with E-state index in [1.807, 2.05) is 16.8 Å². The van der Waals surface area contributed by atoms with E-state index in [0.717, 1.165) is 16.9 Å². The predicted molar refractivity (Wildman–Crippen MR) is 96.3 cm³/mol. The lowest BCUT2D eigenvalue weighted by molar-refractivity contribution is -0.114. The molecule has 2 N–H and O–H groups in total. The summed E-state index contributed by atoms with van der Waals surface area (Å²) in [4.78, 5) is 14.9. The number of aromatic nitrogens is 3. The molecule has 11 heteroatoms. The minimum atomic E-state index is -3.74. The quantitative estimate of drug-likeness (QED) is 0.634. The van der Waals surface area contributed by atoms with Gasteiger partial charge in [0, 0.05) is 25.9 Å². The van der Waals surface area contributed by atoms with Gasteiger partial charge in [-0.2, -0.15) is 16.4 Å². The lowest BCUT2D eigenvalue weighted by atomic mass is 10.1. The molecule has 3 heterocycles. The Balaban J connectivity index is 1.76. The first-order chi connectivity index (χ1) is 12.0. The molecule has 0 bridgehead atoms. The normalized spacial score (nSPS) is 12.8. The van der Waals surface area contributed by atoms with Gasteiger partial charge in [0.15, 0.2) is 9.34 Å². The Morgan fingerprint density at radius 1 is 1.44 bits per heavy atom. The third kappa shape index (κ3) is 4.31. The van der Waals surface area contributed by atoms with Gasteiger partial charge in [-0.15, -0.1) is 0 Å². The highest BCUT2D eigenvalue weighted by atomic mass is 32.2. The molecule has 0 aliphatic rings. The number of thiazole rings is 1. The third-order valence-electron chi connectivity index (χ3n) is 3.27. The maximum Gasteiger partial charge on any atom is 0.251 e. The number of hydrogen-bond donors (Lipinski definition) is 2. The highest BCUT2D eigenvalue weighted by Gasteiger charge is 2.22. The number of carbonyl (C=O) groups is 1. The number of nitrogens with zero attached hydrogens (tertiary/aromatic N) is 3. The van der Waals surface area contributed by atoms with E-state index in [1.54, 1.807) is 23.1 Å². The third-order valence-corrected chi connectivity index (χ3v) is 6.77. The van der Waals surface area contributed by atoms with Crippen molar-refractivity contribution >= 4 is 43.7 Å². The summed E-state index contributed by atoms with van der Waals surface area (Å²) in [5.74, 6) is -0.303. The van der Waals surface area contributed by atoms with Crippen molar-refractivity contribution in [1.29, 1.82) is 0 Å². The second-order valence-corrected chi connectivity index (χ2v) is 8.88. The fourth-order valence-electron chi connectivity index (χ4n) is 2.15. The standard InChI is InChI=1S/C14H15N5O3S3/c1-10(20)18-14-15-8-13(24-14)25(21,22)17-7-12(11-3-6-23-9-11)19-5-2-4-16-19/h2-6,8-9,12,17H,7H2,1H3,(H,15,18,20). The van der Waals surface area contributed by atoms with Crippen LogP contribution in [-0.2, 0) is 14.8 Å². The van der Waals surface area contributed by atoms with E-state index in [0.29, 0.717) is 0 Å². The van der Waals surface area contributed by atoms with Crippen LogP contribution >= 0.6 is 22.7 Å². The summed E-state index contributed by atoms with van der Waals surface area (Å²) in [6.07, 6.45) is 4.67. The number of rotatable bonds is 7. The van der Waals surface area contributed by atoms with Gasteiger partial charge in [0.25, 0.3) is 10.0 Å². The first kappa shape index (κ1) is 17.7. The van der Waals surface area contributed by atoms with Gasteiger partial charge in [-0.05, 0) is 28.5 Å². The Kier molecular flexibility index (Phi) is 5.27. The minimum absolute atomic E-state index is 0.0424. The molecule has 132 valence electrons. The van der Waals surface area contributed by atoms with Crippen LogP contribution in [0, 0.1) is 0 Å². The van der Waals surface area contributed by atoms with Crippen molar-refractivity contribution < 1.29 is 13.2 Å². The van der Waals surface area contributed by atoms with Crippen LogP contribution in [0.25, 0.3) is 0 Å². The highest BCUT2D eigenvalue weighted by molar-refractivity contribution is 7.91. The zero-order valence-electron chi connectivity index (χ0n) is 13.1. The molecule has 0 saturated heterocycles. The number of anilines is 1. The summed E-state index contributed by atoms with van der Waals surface area (Å²) in [5.41, 5.74) is 0.972. The Morgan fingerprint density at radius 3 is 2.92 bits per heavy atom. The maximum atomic E-state index is 12.5. The minimum Gasteiger partial charge on any atom is -0.302 e. The van der Waals surface area contributed by atoms with E-state index in [2.05, 4.69) is 20.1 Å². The molecule has 0 saturated carbocycles. The van der Waals surface area contributed by atoms with Crippen LogP contribution in [0.2, 0.25) is 0 Å². The molecule has 0 aliphatic carbocycles. The fraction of sp³-hybridized carbons (Fsp3) is 0.214. The van der Waals surface area contributed by atoms with Crippen LogP contribution in [0.1, 0.15) is 18.5 Å². The van der Waals surface area contributed by atoms with E-state index < -0.39 is 10.0 Å². The van der Waals surface area contributed by atoms with Crippen LogP contribution in [0.15, 0.2) is 45.7 Å². The molecule has 0 spiro atoms. The van der Waals surface area contributed by atoms with E-state index >= 15 is 0 Å². The van der Waals surface area contributed by atoms with E-state index in [1.165, 1.54) is 24.5 Å². The van der Waals surface area contributed by atoms with Crippen molar-refractivity contribution in [1.82, 2.24) is 19.5 Å². The smallest absolute Gasteiger partial charge is 0.251 e. The Labute approximate surface area is 152 Å². The fourth-order valence-corrected chi connectivity index (χ4v) is 5.01. The molecule has 1 amide bonds. The lowest BCUT2D eigenvalue weighted by Gasteiger charge is -2.17. The van der Waals surface area contributed by atoms with Crippen LogP contribution in [-0.4, -0.2) is 35.6 Å². The molecular formula is C14H15N5O3S3. The molecule has 0 aromatic carbocycles. The largest absolute Gasteiger partial charge is 0.302 e. The van der Waals surface area contributed by atoms with Crippen LogP contribution in [0.4, 0.5) is 5.13 Å². The molecule has 8 nitrogen and oxygen atoms in total. The number of thiophene rings is 1. The van der Waals surface area contributed by atoms with Gasteiger partial charge in [0.1, 0.15) is 0 Å². The Hall–Kier alpha value is -2.08. The number of amides is 1. The van der Waals surface area contributed by atoms with Crippen LogP contribution < -0.4 is 10.0 Å². The van der Waals surface area contributed by atoms with Gasteiger partial charge in [-0.1, -0.05) is 11.3 Å². The SMILES string of the molecule is CC(=O)Nc1ncc(S(=O)(=O)NCC(c2ccsc2)n2cccn2)s1. The molecule has 1 atom stereocenters. The van der Waals surface area contributed by atoms with Crippen molar-refractivity contribution in [3.8, 4) is 0 Å². The topological polar surface area (TPSA) is 106 Å². The van der Waals surface area contributed by atoms with Gasteiger partial charge in [0.2, 0.25) is 5.91 Å². The Bertz CT molecular complexity index is 898. The van der Waals surface area contributed by atoms with Crippen LogP contribution in [0.5, 0.6) is 0 Å². The molecular weight excluding hydrogens is 382 g/mol. The molecule has 1 unspecified atom stereocenters. The highest BCUT2D eigenvalue weighted by Crippen LogP contribution is 2.24. The number of sulfonamides is 1. The zero-order chi connectivity index (χ0) is 17.9. The van der Waals surface area contributed by atoms with Crippen molar-refractivity contribution in [3.05, 3.63) is 47.0 Å². The molecule has 25 heavy (non-hydrogen) atoms. The molecule has 3 aromatic heterocycles. The van der Waals surface area contributed by atoms with Gasteiger partial charge >= 0.3 is 0 Å². The number of carbonyl (C=O) groups excluding carboxylic acids is 1. The summed E-state index contributed by atoms with van der Waals surface area (Å²) in [5, 5.41) is 10.8. The van der Waals surface area contributed by atoms with Crippen molar-refractivity contribution in [2.24, 2.45) is 0 Å². The van der Waals surface area contributed by atoms with Gasteiger partial charge < -0.3 is 5.32 Å². The van der Waals surface area contributed by atoms with Crippen molar-refractivity contribution in [2.75, 3.05) is 11.9 Å². The van der Waals surface area contributed by atoms with E-state index in [-0.39, 0.29) is 27.8 Å². The summed E-state index contributed by atoms with van der Waals surface area (Å²) < 4.78 is 29.3. The molecule has 3 rings (SSSR count). The summed E-state index contributed by atoms with van der Waals surface area (Å²) in [6.45, 7) is 1.48. The first-order valence-electron chi connectivity index (χ1n) is 7.20. The van der Waals surface area contributed by atoms with Gasteiger partial charge in [-0.3, -0.25) is 9.48 Å². The predicted octanol–water partition coefficient (Wildman–Crippen LogP) is 1.93. The van der Waals surface area contributed by atoms with E-state index in [9.17, 15) is 13.2 Å².